The highest BCUT2D eigenvalue weighted by Crippen LogP contribution is 2.44. The lowest BCUT2D eigenvalue weighted by atomic mass is 10.0. The van der Waals surface area contributed by atoms with Gasteiger partial charge in [-0.15, -0.1) is 23.1 Å². The van der Waals surface area contributed by atoms with Crippen LogP contribution in [0.25, 0.3) is 0 Å². The van der Waals surface area contributed by atoms with E-state index in [-0.39, 0.29) is 0 Å². The summed E-state index contributed by atoms with van der Waals surface area (Å²) in [6.45, 7) is 6.66. The summed E-state index contributed by atoms with van der Waals surface area (Å²) in [4.78, 5) is 0. The molecule has 0 saturated carbocycles. The maximum absolute atomic E-state index is 3.71. The lowest BCUT2D eigenvalue weighted by Gasteiger charge is -2.28. The number of hydrogen-bond acceptors (Lipinski definition) is 3. The van der Waals surface area contributed by atoms with E-state index in [4.69, 9.17) is 0 Å². The molecule has 1 unspecified atom stereocenters. The molecule has 3 rings (SSSR count). The van der Waals surface area contributed by atoms with E-state index in [2.05, 4.69) is 55.7 Å². The Balaban J connectivity index is 1.86. The van der Waals surface area contributed by atoms with Crippen LogP contribution in [0.3, 0.4) is 0 Å². The standard InChI is InChI=1S/C16H19NS2/c1-10-4-5-13(8-11(10)2)17-15-9-12(3)19-16-14(15)6-7-18-16/h4-8,12,15,17H,9H2,1-3H3/t12-,15?/m0/s1. The molecule has 0 amide bonds. The van der Waals surface area contributed by atoms with Crippen LogP contribution in [0.4, 0.5) is 5.69 Å². The fourth-order valence-corrected chi connectivity index (χ4v) is 5.09. The smallest absolute Gasteiger partial charge is 0.0653 e. The fraction of sp³-hybridized carbons (Fsp3) is 0.375. The van der Waals surface area contributed by atoms with Crippen molar-refractivity contribution in [3.05, 3.63) is 46.3 Å². The van der Waals surface area contributed by atoms with Crippen LogP contribution >= 0.6 is 23.1 Å². The Bertz CT molecular complexity index is 588. The maximum atomic E-state index is 3.71. The third kappa shape index (κ3) is 2.67. The summed E-state index contributed by atoms with van der Waals surface area (Å²) in [7, 11) is 0. The van der Waals surface area contributed by atoms with Gasteiger partial charge in [0.15, 0.2) is 0 Å². The summed E-state index contributed by atoms with van der Waals surface area (Å²) in [5, 5.41) is 6.62. The van der Waals surface area contributed by atoms with Gasteiger partial charge in [-0.25, -0.2) is 0 Å². The second-order valence-electron chi connectivity index (χ2n) is 5.32. The van der Waals surface area contributed by atoms with Gasteiger partial charge in [0, 0.05) is 10.9 Å². The molecule has 0 bridgehead atoms. The van der Waals surface area contributed by atoms with Gasteiger partial charge >= 0.3 is 0 Å². The van der Waals surface area contributed by atoms with E-state index in [0.29, 0.717) is 11.3 Å². The van der Waals surface area contributed by atoms with Crippen molar-refractivity contribution in [2.45, 2.75) is 42.7 Å². The van der Waals surface area contributed by atoms with Crippen LogP contribution < -0.4 is 5.32 Å². The second kappa shape index (κ2) is 5.22. The predicted octanol–water partition coefficient (Wildman–Crippen LogP) is 5.40. The highest BCUT2D eigenvalue weighted by molar-refractivity contribution is 8.01. The first kappa shape index (κ1) is 13.1. The van der Waals surface area contributed by atoms with E-state index in [1.165, 1.54) is 33.0 Å². The topological polar surface area (TPSA) is 12.0 Å². The van der Waals surface area contributed by atoms with Crippen LogP contribution in [0, 0.1) is 13.8 Å². The maximum Gasteiger partial charge on any atom is 0.0653 e. The predicted molar refractivity (Wildman–Crippen MR) is 86.5 cm³/mol. The molecule has 19 heavy (non-hydrogen) atoms. The van der Waals surface area contributed by atoms with Gasteiger partial charge in [-0.1, -0.05) is 13.0 Å². The van der Waals surface area contributed by atoms with Gasteiger partial charge in [0.1, 0.15) is 0 Å². The van der Waals surface area contributed by atoms with E-state index >= 15 is 0 Å². The zero-order valence-electron chi connectivity index (χ0n) is 11.6. The molecular formula is C16H19NS2. The number of benzene rings is 1. The van der Waals surface area contributed by atoms with Crippen molar-refractivity contribution in [2.24, 2.45) is 0 Å². The van der Waals surface area contributed by atoms with Crippen molar-refractivity contribution in [3.63, 3.8) is 0 Å². The highest BCUT2D eigenvalue weighted by atomic mass is 32.2. The molecule has 2 heterocycles. The third-order valence-corrected chi connectivity index (χ3v) is 6.10. The molecule has 1 aliphatic heterocycles. The lowest BCUT2D eigenvalue weighted by molar-refractivity contribution is 0.670. The number of nitrogens with one attached hydrogen (secondary N) is 1. The summed E-state index contributed by atoms with van der Waals surface area (Å²) < 4.78 is 1.49. The van der Waals surface area contributed by atoms with Crippen molar-refractivity contribution in [2.75, 3.05) is 5.32 Å². The normalized spacial score (nSPS) is 22.1. The van der Waals surface area contributed by atoms with Crippen molar-refractivity contribution in [1.29, 1.82) is 0 Å². The highest BCUT2D eigenvalue weighted by Gasteiger charge is 2.26. The molecule has 1 N–H and O–H groups in total. The minimum Gasteiger partial charge on any atom is -0.378 e. The molecule has 0 saturated heterocycles. The Kier molecular flexibility index (Phi) is 3.59. The Morgan fingerprint density at radius 3 is 2.79 bits per heavy atom. The molecule has 2 aromatic rings. The molecule has 0 spiro atoms. The minimum absolute atomic E-state index is 0.458. The molecule has 0 radical (unpaired) electrons. The minimum atomic E-state index is 0.458. The number of rotatable bonds is 2. The van der Waals surface area contributed by atoms with Crippen LogP contribution in [0.15, 0.2) is 33.9 Å². The zero-order valence-corrected chi connectivity index (χ0v) is 13.2. The molecular weight excluding hydrogens is 270 g/mol. The molecule has 0 fully saturated rings. The second-order valence-corrected chi connectivity index (χ2v) is 7.95. The number of hydrogen-bond donors (Lipinski definition) is 1. The van der Waals surface area contributed by atoms with Gasteiger partial charge in [-0.2, -0.15) is 0 Å². The quantitative estimate of drug-likeness (QED) is 0.794. The largest absolute Gasteiger partial charge is 0.378 e. The Hall–Kier alpha value is -0.930. The average molecular weight is 289 g/mol. The van der Waals surface area contributed by atoms with Gasteiger partial charge < -0.3 is 5.32 Å². The van der Waals surface area contributed by atoms with Crippen molar-refractivity contribution < 1.29 is 0 Å². The summed E-state index contributed by atoms with van der Waals surface area (Å²) in [6, 6.07) is 9.39. The van der Waals surface area contributed by atoms with Gasteiger partial charge in [-0.05, 0) is 60.5 Å². The molecule has 3 heteroatoms. The third-order valence-electron chi connectivity index (χ3n) is 3.76. The van der Waals surface area contributed by atoms with Crippen LogP contribution in [0.2, 0.25) is 0 Å². The average Bonchev–Trinajstić information content (AvgIpc) is 2.82. The van der Waals surface area contributed by atoms with Gasteiger partial charge in [-0.3, -0.25) is 0 Å². The first-order chi connectivity index (χ1) is 9.13. The summed E-state index contributed by atoms with van der Waals surface area (Å²) >= 11 is 3.89. The SMILES string of the molecule is Cc1ccc(NC2C[C@H](C)Sc3sccc32)cc1C. The summed E-state index contributed by atoms with van der Waals surface area (Å²) in [5.74, 6) is 0. The summed E-state index contributed by atoms with van der Waals surface area (Å²) in [6.07, 6.45) is 1.20. The van der Waals surface area contributed by atoms with Crippen molar-refractivity contribution in [1.82, 2.24) is 0 Å². The monoisotopic (exact) mass is 289 g/mol. The Morgan fingerprint density at radius 2 is 2.00 bits per heavy atom. The number of fused-ring (bicyclic) bond motifs is 1. The van der Waals surface area contributed by atoms with Crippen molar-refractivity contribution >= 4 is 28.8 Å². The van der Waals surface area contributed by atoms with Crippen LogP contribution in [-0.2, 0) is 0 Å². The number of anilines is 1. The van der Waals surface area contributed by atoms with E-state index in [0.717, 1.165) is 0 Å². The summed E-state index contributed by atoms with van der Waals surface area (Å²) in [5.41, 5.74) is 5.43. The molecule has 0 aliphatic carbocycles. The van der Waals surface area contributed by atoms with Crippen LogP contribution in [-0.4, -0.2) is 5.25 Å². The molecule has 1 nitrogen and oxygen atoms in total. The Labute approximate surface area is 123 Å². The Morgan fingerprint density at radius 1 is 1.16 bits per heavy atom. The van der Waals surface area contributed by atoms with Crippen LogP contribution in [0.5, 0.6) is 0 Å². The van der Waals surface area contributed by atoms with Gasteiger partial charge in [0.25, 0.3) is 0 Å². The molecule has 1 aromatic heterocycles. The first-order valence-corrected chi connectivity index (χ1v) is 8.47. The lowest BCUT2D eigenvalue weighted by Crippen LogP contribution is -2.19. The van der Waals surface area contributed by atoms with E-state index in [1.54, 1.807) is 0 Å². The van der Waals surface area contributed by atoms with E-state index in [1.807, 2.05) is 23.1 Å². The fourth-order valence-electron chi connectivity index (χ4n) is 2.52. The number of thioether (sulfide) groups is 1. The van der Waals surface area contributed by atoms with Gasteiger partial charge in [0.05, 0.1) is 10.3 Å². The molecule has 100 valence electrons. The van der Waals surface area contributed by atoms with E-state index in [9.17, 15) is 0 Å². The van der Waals surface area contributed by atoms with Crippen molar-refractivity contribution in [3.8, 4) is 0 Å². The van der Waals surface area contributed by atoms with Crippen LogP contribution in [0.1, 0.15) is 36.1 Å². The van der Waals surface area contributed by atoms with E-state index < -0.39 is 0 Å². The molecule has 2 atom stereocenters. The zero-order chi connectivity index (χ0) is 13.4. The first-order valence-electron chi connectivity index (χ1n) is 6.71. The molecule has 1 aromatic carbocycles. The number of aryl methyl sites for hydroxylation is 2. The molecule has 1 aliphatic rings. The number of thiophene rings is 1. The van der Waals surface area contributed by atoms with Gasteiger partial charge in [0.2, 0.25) is 0 Å².